The number of carboxylic acids is 1. The van der Waals surface area contributed by atoms with Gasteiger partial charge in [-0.15, -0.1) is 0 Å². The number of rotatable bonds is 6. The van der Waals surface area contributed by atoms with Crippen molar-refractivity contribution < 1.29 is 19.6 Å². The molecule has 2 aromatic carbocycles. The Morgan fingerprint density at radius 1 is 1.31 bits per heavy atom. The van der Waals surface area contributed by atoms with Gasteiger partial charge in [-0.2, -0.15) is 0 Å². The lowest BCUT2D eigenvalue weighted by Crippen LogP contribution is -2.22. The van der Waals surface area contributed by atoms with Crippen LogP contribution in [0.3, 0.4) is 0 Å². The molecule has 1 saturated heterocycles. The van der Waals surface area contributed by atoms with Crippen molar-refractivity contribution in [2.45, 2.75) is 13.0 Å². The Hall–Kier alpha value is -2.64. The van der Waals surface area contributed by atoms with Crippen molar-refractivity contribution in [3.8, 4) is 11.5 Å². The van der Waals surface area contributed by atoms with Crippen LogP contribution >= 0.6 is 11.6 Å². The van der Waals surface area contributed by atoms with Crippen LogP contribution in [0.4, 0.5) is 5.69 Å². The number of nitro benzene ring substituents is 1. The number of carboxylic acid groups (broad SMARTS) is 1. The fourth-order valence-corrected chi connectivity index (χ4v) is 3.11. The monoisotopic (exact) mass is 376 g/mol. The highest BCUT2D eigenvalue weighted by molar-refractivity contribution is 6.30. The number of halogens is 1. The molecule has 1 heterocycles. The molecule has 0 radical (unpaired) electrons. The van der Waals surface area contributed by atoms with E-state index in [1.807, 2.05) is 12.1 Å². The maximum Gasteiger partial charge on any atom is 0.313 e. The Balaban J connectivity index is 1.65. The van der Waals surface area contributed by atoms with Crippen molar-refractivity contribution in [1.29, 1.82) is 0 Å². The first kappa shape index (κ1) is 18.2. The summed E-state index contributed by atoms with van der Waals surface area (Å²) >= 11 is 5.79. The van der Waals surface area contributed by atoms with E-state index in [0.29, 0.717) is 25.3 Å². The zero-order valence-corrected chi connectivity index (χ0v) is 14.6. The van der Waals surface area contributed by atoms with Crippen LogP contribution in [0, 0.1) is 16.0 Å². The fourth-order valence-electron chi connectivity index (χ4n) is 2.95. The number of ether oxygens (including phenoxy) is 1. The minimum Gasteiger partial charge on any atom is -0.481 e. The number of hydrogen-bond donors (Lipinski definition) is 1. The number of aliphatic carboxylic acids is 1. The van der Waals surface area contributed by atoms with Gasteiger partial charge in [-0.05, 0) is 42.8 Å². The van der Waals surface area contributed by atoms with Crippen LogP contribution in [0.2, 0.25) is 5.02 Å². The van der Waals surface area contributed by atoms with Crippen LogP contribution in [-0.4, -0.2) is 34.0 Å². The van der Waals surface area contributed by atoms with Crippen LogP contribution < -0.4 is 4.74 Å². The molecule has 2 aromatic rings. The molecule has 7 nitrogen and oxygen atoms in total. The zero-order chi connectivity index (χ0) is 18.7. The summed E-state index contributed by atoms with van der Waals surface area (Å²) in [5, 5.41) is 20.4. The van der Waals surface area contributed by atoms with Gasteiger partial charge in [0.05, 0.1) is 10.8 Å². The smallest absolute Gasteiger partial charge is 0.313 e. The SMILES string of the molecule is O=C(O)C1CCN(Cc2ccc(Oc3ccc(Cl)cc3[N+](=O)[O-])cc2)C1. The first-order chi connectivity index (χ1) is 12.4. The summed E-state index contributed by atoms with van der Waals surface area (Å²) < 4.78 is 5.61. The van der Waals surface area contributed by atoms with Crippen LogP contribution in [0.25, 0.3) is 0 Å². The molecule has 1 N–H and O–H groups in total. The van der Waals surface area contributed by atoms with E-state index >= 15 is 0 Å². The van der Waals surface area contributed by atoms with Crippen LogP contribution in [0.5, 0.6) is 11.5 Å². The highest BCUT2D eigenvalue weighted by Crippen LogP contribution is 2.33. The molecule has 26 heavy (non-hydrogen) atoms. The maximum absolute atomic E-state index is 11.1. The first-order valence-corrected chi connectivity index (χ1v) is 8.46. The Labute approximate surface area is 154 Å². The summed E-state index contributed by atoms with van der Waals surface area (Å²) in [6, 6.07) is 11.4. The van der Waals surface area contributed by atoms with Crippen molar-refractivity contribution >= 4 is 23.3 Å². The molecule has 1 aliphatic heterocycles. The van der Waals surface area contributed by atoms with Gasteiger partial charge in [0.25, 0.3) is 0 Å². The van der Waals surface area contributed by atoms with E-state index < -0.39 is 10.9 Å². The molecular weight excluding hydrogens is 360 g/mol. The molecule has 0 spiro atoms. The lowest BCUT2D eigenvalue weighted by molar-refractivity contribution is -0.385. The lowest BCUT2D eigenvalue weighted by atomic mass is 10.1. The van der Waals surface area contributed by atoms with E-state index in [-0.39, 0.29) is 22.4 Å². The first-order valence-electron chi connectivity index (χ1n) is 8.08. The standard InChI is InChI=1S/C18H17ClN2O5/c19-14-3-6-17(16(9-14)21(24)25)26-15-4-1-12(2-5-15)10-20-8-7-13(11-20)18(22)23/h1-6,9,13H,7-8,10-11H2,(H,22,23). The van der Waals surface area contributed by atoms with E-state index in [4.69, 9.17) is 21.4 Å². The molecule has 3 rings (SSSR count). The number of benzene rings is 2. The average molecular weight is 377 g/mol. The van der Waals surface area contributed by atoms with Crippen molar-refractivity contribution in [2.75, 3.05) is 13.1 Å². The van der Waals surface area contributed by atoms with Crippen molar-refractivity contribution in [2.24, 2.45) is 5.92 Å². The van der Waals surface area contributed by atoms with E-state index in [9.17, 15) is 14.9 Å². The van der Waals surface area contributed by atoms with Crippen LogP contribution in [0.1, 0.15) is 12.0 Å². The predicted octanol–water partition coefficient (Wildman–Crippen LogP) is 3.95. The summed E-state index contributed by atoms with van der Waals surface area (Å²) in [7, 11) is 0. The van der Waals surface area contributed by atoms with Gasteiger partial charge < -0.3 is 9.84 Å². The molecule has 0 saturated carbocycles. The van der Waals surface area contributed by atoms with Gasteiger partial charge in [-0.25, -0.2) is 0 Å². The number of carbonyl (C=O) groups is 1. The molecule has 136 valence electrons. The fraction of sp³-hybridized carbons (Fsp3) is 0.278. The minimum atomic E-state index is -0.749. The second-order valence-electron chi connectivity index (χ2n) is 6.17. The minimum absolute atomic E-state index is 0.121. The molecule has 0 bridgehead atoms. The van der Waals surface area contributed by atoms with Gasteiger partial charge in [0.15, 0.2) is 0 Å². The number of nitrogens with zero attached hydrogens (tertiary/aromatic N) is 2. The highest BCUT2D eigenvalue weighted by atomic mass is 35.5. The molecular formula is C18H17ClN2O5. The summed E-state index contributed by atoms with van der Waals surface area (Å²) in [5.41, 5.74) is 0.826. The molecule has 0 aliphatic carbocycles. The van der Waals surface area contributed by atoms with Crippen molar-refractivity contribution in [3.05, 3.63) is 63.2 Å². The Kier molecular flexibility index (Phi) is 5.39. The average Bonchev–Trinajstić information content (AvgIpc) is 3.07. The second kappa shape index (κ2) is 7.72. The number of nitro groups is 1. The van der Waals surface area contributed by atoms with E-state index in [1.54, 1.807) is 12.1 Å². The topological polar surface area (TPSA) is 92.9 Å². The predicted molar refractivity (Wildman–Crippen MR) is 95.6 cm³/mol. The Morgan fingerprint density at radius 3 is 2.65 bits per heavy atom. The van der Waals surface area contributed by atoms with Crippen LogP contribution in [0.15, 0.2) is 42.5 Å². The lowest BCUT2D eigenvalue weighted by Gasteiger charge is -2.15. The number of likely N-dealkylation sites (tertiary alicyclic amines) is 1. The van der Waals surface area contributed by atoms with Gasteiger partial charge in [-0.3, -0.25) is 19.8 Å². The molecule has 1 atom stereocenters. The third-order valence-corrected chi connectivity index (χ3v) is 4.53. The molecule has 8 heteroatoms. The summed E-state index contributed by atoms with van der Waals surface area (Å²) in [4.78, 5) is 23.7. The van der Waals surface area contributed by atoms with E-state index in [2.05, 4.69) is 4.90 Å². The third kappa shape index (κ3) is 4.30. The van der Waals surface area contributed by atoms with Crippen LogP contribution in [-0.2, 0) is 11.3 Å². The highest BCUT2D eigenvalue weighted by Gasteiger charge is 2.27. The molecule has 0 aromatic heterocycles. The Morgan fingerprint density at radius 2 is 2.04 bits per heavy atom. The quantitative estimate of drug-likeness (QED) is 0.606. The van der Waals surface area contributed by atoms with Gasteiger partial charge >= 0.3 is 11.7 Å². The summed E-state index contributed by atoms with van der Waals surface area (Å²) in [5.74, 6) is -0.455. The third-order valence-electron chi connectivity index (χ3n) is 4.30. The summed E-state index contributed by atoms with van der Waals surface area (Å²) in [6.07, 6.45) is 0.663. The van der Waals surface area contributed by atoms with Crippen molar-refractivity contribution in [1.82, 2.24) is 4.90 Å². The van der Waals surface area contributed by atoms with Gasteiger partial charge in [0.1, 0.15) is 5.75 Å². The molecule has 1 unspecified atom stereocenters. The van der Waals surface area contributed by atoms with E-state index in [1.165, 1.54) is 18.2 Å². The van der Waals surface area contributed by atoms with Gasteiger partial charge in [-0.1, -0.05) is 23.7 Å². The second-order valence-corrected chi connectivity index (χ2v) is 6.61. The maximum atomic E-state index is 11.1. The number of hydrogen-bond acceptors (Lipinski definition) is 5. The molecule has 0 amide bonds. The molecule has 1 aliphatic rings. The summed E-state index contributed by atoms with van der Waals surface area (Å²) in [6.45, 7) is 1.96. The van der Waals surface area contributed by atoms with Gasteiger partial charge in [0, 0.05) is 24.2 Å². The van der Waals surface area contributed by atoms with Gasteiger partial charge in [0.2, 0.25) is 5.75 Å². The molecule has 1 fully saturated rings. The van der Waals surface area contributed by atoms with Crippen molar-refractivity contribution in [3.63, 3.8) is 0 Å². The Bertz CT molecular complexity index is 825. The zero-order valence-electron chi connectivity index (χ0n) is 13.8. The largest absolute Gasteiger partial charge is 0.481 e. The van der Waals surface area contributed by atoms with E-state index in [0.717, 1.165) is 12.1 Å². The normalized spacial score (nSPS) is 17.2.